The summed E-state index contributed by atoms with van der Waals surface area (Å²) in [6, 6.07) is 6.02. The Kier molecular flexibility index (Phi) is 2.50. The summed E-state index contributed by atoms with van der Waals surface area (Å²) in [7, 11) is 0. The Morgan fingerprint density at radius 2 is 2.07 bits per heavy atom. The van der Waals surface area contributed by atoms with Crippen molar-refractivity contribution in [2.45, 2.75) is 18.9 Å². The Balaban J connectivity index is 2.29. The molecule has 1 aromatic heterocycles. The van der Waals surface area contributed by atoms with E-state index in [1.54, 1.807) is 0 Å². The first-order chi connectivity index (χ1) is 7.24. The average molecular weight is 200 g/mol. The third-order valence-corrected chi connectivity index (χ3v) is 2.83. The van der Waals surface area contributed by atoms with E-state index in [-0.39, 0.29) is 5.54 Å². The van der Waals surface area contributed by atoms with Crippen LogP contribution >= 0.6 is 0 Å². The number of hydrogen-bond donors (Lipinski definition) is 0. The highest BCUT2D eigenvalue weighted by Crippen LogP contribution is 2.21. The van der Waals surface area contributed by atoms with Gasteiger partial charge in [-0.25, -0.2) is 0 Å². The summed E-state index contributed by atoms with van der Waals surface area (Å²) in [5, 5.41) is 0. The van der Waals surface area contributed by atoms with Crippen LogP contribution in [0.5, 0.6) is 0 Å². The maximum atomic E-state index is 10.6. The summed E-state index contributed by atoms with van der Waals surface area (Å²) < 4.78 is 2.15. The van der Waals surface area contributed by atoms with Gasteiger partial charge in [0.05, 0.1) is 0 Å². The van der Waals surface area contributed by atoms with Crippen molar-refractivity contribution in [1.29, 1.82) is 0 Å². The van der Waals surface area contributed by atoms with Gasteiger partial charge in [-0.15, -0.1) is 0 Å². The minimum Gasteiger partial charge on any atom is -0.298 e. The van der Waals surface area contributed by atoms with Crippen LogP contribution in [-0.2, 0) is 10.3 Å². The Morgan fingerprint density at radius 1 is 1.33 bits per heavy atom. The number of pyridine rings is 1. The van der Waals surface area contributed by atoms with Gasteiger partial charge in [0.15, 0.2) is 17.9 Å². The minimum absolute atomic E-state index is 0.0478. The fourth-order valence-corrected chi connectivity index (χ4v) is 1.75. The number of nitrogens with zero attached hydrogens (tertiary/aromatic N) is 1. The quantitative estimate of drug-likeness (QED) is 0.526. The minimum atomic E-state index is -0.0478. The second kappa shape index (κ2) is 3.81. The van der Waals surface area contributed by atoms with Crippen molar-refractivity contribution in [3.8, 4) is 0 Å². The summed E-state index contributed by atoms with van der Waals surface area (Å²) in [4.78, 5) is 10.6. The molecule has 1 unspecified atom stereocenters. The van der Waals surface area contributed by atoms with E-state index in [0.717, 1.165) is 18.3 Å². The van der Waals surface area contributed by atoms with Crippen molar-refractivity contribution < 1.29 is 9.36 Å². The predicted molar refractivity (Wildman–Crippen MR) is 58.2 cm³/mol. The zero-order chi connectivity index (χ0) is 10.7. The zero-order valence-corrected chi connectivity index (χ0v) is 8.76. The van der Waals surface area contributed by atoms with Crippen molar-refractivity contribution in [2.75, 3.05) is 0 Å². The number of rotatable bonds is 2. The first-order valence-electron chi connectivity index (χ1n) is 5.06. The van der Waals surface area contributed by atoms with E-state index < -0.39 is 0 Å². The topological polar surface area (TPSA) is 20.9 Å². The maximum Gasteiger partial charge on any atom is 0.187 e. The van der Waals surface area contributed by atoms with Gasteiger partial charge in [0.1, 0.15) is 6.29 Å². The lowest BCUT2D eigenvalue weighted by atomic mass is 9.90. The number of aromatic nitrogens is 1. The van der Waals surface area contributed by atoms with E-state index in [0.29, 0.717) is 0 Å². The molecule has 0 fully saturated rings. The SMILES string of the molecule is CC1([n+]2ccccc2)C=CC(C=O)=CC1. The highest BCUT2D eigenvalue weighted by molar-refractivity contribution is 5.77. The van der Waals surface area contributed by atoms with Crippen LogP contribution in [0.4, 0.5) is 0 Å². The molecule has 1 aliphatic rings. The first kappa shape index (κ1) is 9.84. The number of aldehydes is 1. The molecule has 1 atom stereocenters. The summed E-state index contributed by atoms with van der Waals surface area (Å²) in [5.74, 6) is 0. The Labute approximate surface area is 89.6 Å². The highest BCUT2D eigenvalue weighted by atomic mass is 16.1. The lowest BCUT2D eigenvalue weighted by Gasteiger charge is -2.21. The molecule has 0 saturated carbocycles. The van der Waals surface area contributed by atoms with Crippen molar-refractivity contribution in [3.05, 3.63) is 54.4 Å². The van der Waals surface area contributed by atoms with Gasteiger partial charge < -0.3 is 0 Å². The second-order valence-electron chi connectivity index (χ2n) is 4.00. The second-order valence-corrected chi connectivity index (χ2v) is 4.00. The Morgan fingerprint density at radius 3 is 2.60 bits per heavy atom. The molecule has 1 aliphatic carbocycles. The van der Waals surface area contributed by atoms with Crippen molar-refractivity contribution in [1.82, 2.24) is 0 Å². The van der Waals surface area contributed by atoms with Crippen molar-refractivity contribution in [2.24, 2.45) is 0 Å². The van der Waals surface area contributed by atoms with Crippen LogP contribution in [0.1, 0.15) is 13.3 Å². The number of carbonyl (C=O) groups is 1. The lowest BCUT2D eigenvalue weighted by Crippen LogP contribution is -2.52. The monoisotopic (exact) mass is 200 g/mol. The smallest absolute Gasteiger partial charge is 0.187 e. The Hall–Kier alpha value is -1.70. The Bertz CT molecular complexity index is 419. The average Bonchev–Trinajstić information content (AvgIpc) is 2.31. The summed E-state index contributed by atoms with van der Waals surface area (Å²) >= 11 is 0. The number of hydrogen-bond acceptors (Lipinski definition) is 1. The maximum absolute atomic E-state index is 10.6. The fraction of sp³-hybridized carbons (Fsp3) is 0.231. The van der Waals surface area contributed by atoms with E-state index in [4.69, 9.17) is 0 Å². The molecule has 0 aliphatic heterocycles. The number of allylic oxidation sites excluding steroid dienone is 4. The largest absolute Gasteiger partial charge is 0.298 e. The molecule has 0 saturated heterocycles. The fourth-order valence-electron chi connectivity index (χ4n) is 1.75. The summed E-state index contributed by atoms with van der Waals surface area (Å²) in [6.45, 7) is 2.15. The van der Waals surface area contributed by atoms with Gasteiger partial charge in [0, 0.05) is 31.1 Å². The van der Waals surface area contributed by atoms with E-state index in [9.17, 15) is 4.79 Å². The molecule has 0 amide bonds. The molecule has 1 aromatic rings. The van der Waals surface area contributed by atoms with Gasteiger partial charge in [0.25, 0.3) is 0 Å². The molecule has 2 rings (SSSR count). The molecule has 2 nitrogen and oxygen atoms in total. The molecule has 0 radical (unpaired) electrons. The lowest BCUT2D eigenvalue weighted by molar-refractivity contribution is -0.749. The molecular weight excluding hydrogens is 186 g/mol. The molecule has 2 heteroatoms. The van der Waals surface area contributed by atoms with Crippen LogP contribution in [0, 0.1) is 0 Å². The van der Waals surface area contributed by atoms with Gasteiger partial charge in [-0.2, -0.15) is 4.57 Å². The van der Waals surface area contributed by atoms with Gasteiger partial charge in [0.2, 0.25) is 0 Å². The summed E-state index contributed by atoms with van der Waals surface area (Å²) in [6.07, 6.45) is 11.8. The first-order valence-corrected chi connectivity index (χ1v) is 5.06. The van der Waals surface area contributed by atoms with Gasteiger partial charge >= 0.3 is 0 Å². The van der Waals surface area contributed by atoms with Crippen molar-refractivity contribution >= 4 is 6.29 Å². The van der Waals surface area contributed by atoms with E-state index in [2.05, 4.69) is 17.6 Å². The van der Waals surface area contributed by atoms with Gasteiger partial charge in [-0.3, -0.25) is 4.79 Å². The molecule has 0 N–H and O–H groups in total. The highest BCUT2D eigenvalue weighted by Gasteiger charge is 2.31. The molecule has 0 bridgehead atoms. The summed E-state index contributed by atoms with van der Waals surface area (Å²) in [5.41, 5.74) is 0.720. The van der Waals surface area contributed by atoms with Crippen LogP contribution in [0.25, 0.3) is 0 Å². The van der Waals surface area contributed by atoms with Crippen LogP contribution < -0.4 is 4.57 Å². The molecular formula is C13H14NO+. The predicted octanol–water partition coefficient (Wildman–Crippen LogP) is 1.77. The molecule has 15 heavy (non-hydrogen) atoms. The normalized spacial score (nSPS) is 24.7. The van der Waals surface area contributed by atoms with Crippen molar-refractivity contribution in [3.63, 3.8) is 0 Å². The zero-order valence-electron chi connectivity index (χ0n) is 8.76. The van der Waals surface area contributed by atoms with E-state index in [1.165, 1.54) is 0 Å². The third kappa shape index (κ3) is 1.89. The van der Waals surface area contributed by atoms with Crippen LogP contribution in [-0.4, -0.2) is 6.29 Å². The van der Waals surface area contributed by atoms with E-state index >= 15 is 0 Å². The van der Waals surface area contributed by atoms with Gasteiger partial charge in [-0.05, 0) is 12.2 Å². The standard InChI is InChI=1S/C13H14NO/c1-13(14-9-3-2-4-10-14)7-5-12(11-15)6-8-13/h2-7,9-11H,8H2,1H3/q+1. The van der Waals surface area contributed by atoms with Gasteiger partial charge in [-0.1, -0.05) is 12.1 Å². The van der Waals surface area contributed by atoms with Crippen LogP contribution in [0.3, 0.4) is 0 Å². The molecule has 76 valence electrons. The molecule has 0 aromatic carbocycles. The molecule has 1 heterocycles. The van der Waals surface area contributed by atoms with E-state index in [1.807, 2.05) is 42.7 Å². The molecule has 0 spiro atoms. The number of carbonyl (C=O) groups excluding carboxylic acids is 1. The van der Waals surface area contributed by atoms with Crippen LogP contribution in [0.2, 0.25) is 0 Å². The third-order valence-electron chi connectivity index (χ3n) is 2.83. The van der Waals surface area contributed by atoms with Crippen LogP contribution in [0.15, 0.2) is 54.4 Å².